The van der Waals surface area contributed by atoms with Gasteiger partial charge in [0.2, 0.25) is 11.8 Å². The summed E-state index contributed by atoms with van der Waals surface area (Å²) in [6.07, 6.45) is 0. The molecule has 0 spiro atoms. The molecule has 0 saturated carbocycles. The molecule has 0 fully saturated rings. The second-order valence-corrected chi connectivity index (χ2v) is 3.78. The van der Waals surface area contributed by atoms with Crippen LogP contribution in [0.4, 0.5) is 0 Å². The molecule has 18 heavy (non-hydrogen) atoms. The second-order valence-electron chi connectivity index (χ2n) is 3.78. The molecule has 0 aliphatic heterocycles. The number of carbonyl (C=O) groups is 2. The fraction of sp³-hybridized carbons (Fsp3) is 0.333. The van der Waals surface area contributed by atoms with Crippen LogP contribution in [0.3, 0.4) is 0 Å². The molecule has 0 radical (unpaired) electrons. The average Bonchev–Trinajstić information content (AvgIpc) is 2.42. The van der Waals surface area contributed by atoms with Crippen LogP contribution in [-0.2, 0) is 22.7 Å². The van der Waals surface area contributed by atoms with Gasteiger partial charge in [0, 0.05) is 13.1 Å². The van der Waals surface area contributed by atoms with Gasteiger partial charge in [0.05, 0.1) is 13.1 Å². The van der Waals surface area contributed by atoms with Crippen molar-refractivity contribution in [3.05, 3.63) is 35.4 Å². The molecule has 6 heteroatoms. The summed E-state index contributed by atoms with van der Waals surface area (Å²) in [4.78, 5) is 22.0. The Morgan fingerprint density at radius 3 is 1.78 bits per heavy atom. The summed E-state index contributed by atoms with van der Waals surface area (Å²) in [7, 11) is 0. The van der Waals surface area contributed by atoms with Gasteiger partial charge in [-0.3, -0.25) is 9.59 Å². The summed E-state index contributed by atoms with van der Waals surface area (Å²) in [6, 6.07) is 7.57. The minimum absolute atomic E-state index is 0.0216. The van der Waals surface area contributed by atoms with E-state index in [1.165, 1.54) is 0 Å². The van der Waals surface area contributed by atoms with Crippen LogP contribution in [0, 0.1) is 0 Å². The molecule has 1 aromatic rings. The molecule has 1 aromatic carbocycles. The topological polar surface area (TPSA) is 110 Å². The number of nitrogens with two attached hydrogens (primary N) is 2. The standard InChI is InChI=1S/C12H18N4O2/c13-5-11(17)15-7-9-2-1-3-10(4-9)8-16-12(18)6-14/h1-4H,5-8,13-14H2,(H,15,17)(H,16,18). The van der Waals surface area contributed by atoms with Gasteiger partial charge in [-0.05, 0) is 11.1 Å². The maximum Gasteiger partial charge on any atom is 0.234 e. The number of hydrogen-bond acceptors (Lipinski definition) is 4. The lowest BCUT2D eigenvalue weighted by molar-refractivity contribution is -0.120. The van der Waals surface area contributed by atoms with Crippen LogP contribution in [0.5, 0.6) is 0 Å². The largest absolute Gasteiger partial charge is 0.351 e. The molecule has 0 saturated heterocycles. The van der Waals surface area contributed by atoms with E-state index in [1.54, 1.807) is 0 Å². The molecule has 0 heterocycles. The Morgan fingerprint density at radius 2 is 1.39 bits per heavy atom. The number of nitrogens with one attached hydrogen (secondary N) is 2. The molecule has 1 rings (SSSR count). The maximum absolute atomic E-state index is 11.0. The monoisotopic (exact) mass is 250 g/mol. The van der Waals surface area contributed by atoms with Crippen molar-refractivity contribution >= 4 is 11.8 Å². The van der Waals surface area contributed by atoms with E-state index in [0.29, 0.717) is 13.1 Å². The van der Waals surface area contributed by atoms with Gasteiger partial charge in [-0.25, -0.2) is 0 Å². The van der Waals surface area contributed by atoms with E-state index >= 15 is 0 Å². The Hall–Kier alpha value is -1.92. The summed E-state index contributed by atoms with van der Waals surface area (Å²) < 4.78 is 0. The van der Waals surface area contributed by atoms with Crippen LogP contribution in [0.15, 0.2) is 24.3 Å². The fourth-order valence-electron chi connectivity index (χ4n) is 1.40. The summed E-state index contributed by atoms with van der Waals surface area (Å²) in [6.45, 7) is 0.807. The molecule has 2 amide bonds. The van der Waals surface area contributed by atoms with Crippen molar-refractivity contribution in [3.8, 4) is 0 Å². The summed E-state index contributed by atoms with van der Waals surface area (Å²) in [5.74, 6) is -0.395. The van der Waals surface area contributed by atoms with Crippen molar-refractivity contribution < 1.29 is 9.59 Å². The Kier molecular flexibility index (Phi) is 5.83. The Morgan fingerprint density at radius 1 is 0.944 bits per heavy atom. The van der Waals surface area contributed by atoms with E-state index < -0.39 is 0 Å². The first-order chi connectivity index (χ1) is 8.65. The number of amides is 2. The van der Waals surface area contributed by atoms with Crippen LogP contribution in [-0.4, -0.2) is 24.9 Å². The average molecular weight is 250 g/mol. The quantitative estimate of drug-likeness (QED) is 0.510. The third kappa shape index (κ3) is 4.94. The minimum Gasteiger partial charge on any atom is -0.351 e. The summed E-state index contributed by atoms with van der Waals surface area (Å²) in [5, 5.41) is 5.36. The Bertz CT molecular complexity index is 385. The third-order valence-electron chi connectivity index (χ3n) is 2.34. The molecule has 0 unspecified atom stereocenters. The lowest BCUT2D eigenvalue weighted by Crippen LogP contribution is -2.30. The molecule has 0 atom stereocenters. The third-order valence-corrected chi connectivity index (χ3v) is 2.34. The number of hydrogen-bond donors (Lipinski definition) is 4. The number of rotatable bonds is 6. The smallest absolute Gasteiger partial charge is 0.234 e. The van der Waals surface area contributed by atoms with Crippen molar-refractivity contribution in [2.24, 2.45) is 11.5 Å². The van der Waals surface area contributed by atoms with Gasteiger partial charge in [-0.15, -0.1) is 0 Å². The van der Waals surface area contributed by atoms with Crippen LogP contribution < -0.4 is 22.1 Å². The normalized spacial score (nSPS) is 9.89. The molecule has 6 N–H and O–H groups in total. The van der Waals surface area contributed by atoms with E-state index in [1.807, 2.05) is 24.3 Å². The van der Waals surface area contributed by atoms with Crippen molar-refractivity contribution in [1.29, 1.82) is 0 Å². The predicted molar refractivity (Wildman–Crippen MR) is 68.2 cm³/mol. The highest BCUT2D eigenvalue weighted by molar-refractivity contribution is 5.78. The zero-order valence-electron chi connectivity index (χ0n) is 10.1. The summed E-state index contributed by atoms with van der Waals surface area (Å²) in [5.41, 5.74) is 12.3. The molecular weight excluding hydrogens is 232 g/mol. The Balaban J connectivity index is 2.51. The maximum atomic E-state index is 11.0. The van der Waals surface area contributed by atoms with Crippen molar-refractivity contribution in [3.63, 3.8) is 0 Å². The summed E-state index contributed by atoms with van der Waals surface area (Å²) >= 11 is 0. The van der Waals surface area contributed by atoms with Crippen LogP contribution in [0.2, 0.25) is 0 Å². The second kappa shape index (κ2) is 7.41. The van der Waals surface area contributed by atoms with Gasteiger partial charge in [-0.2, -0.15) is 0 Å². The van der Waals surface area contributed by atoms with Gasteiger partial charge >= 0.3 is 0 Å². The first kappa shape index (κ1) is 14.1. The molecule has 0 bridgehead atoms. The zero-order valence-corrected chi connectivity index (χ0v) is 10.1. The molecule has 0 aliphatic carbocycles. The minimum atomic E-state index is -0.197. The van der Waals surface area contributed by atoms with Gasteiger partial charge in [-0.1, -0.05) is 24.3 Å². The fourth-order valence-corrected chi connectivity index (χ4v) is 1.40. The van der Waals surface area contributed by atoms with Crippen molar-refractivity contribution in [2.75, 3.05) is 13.1 Å². The highest BCUT2D eigenvalue weighted by Crippen LogP contribution is 2.04. The Labute approximate surface area is 106 Å². The lowest BCUT2D eigenvalue weighted by Gasteiger charge is -2.07. The van der Waals surface area contributed by atoms with Crippen molar-refractivity contribution in [1.82, 2.24) is 10.6 Å². The first-order valence-electron chi connectivity index (χ1n) is 5.67. The van der Waals surface area contributed by atoms with E-state index in [-0.39, 0.29) is 24.9 Å². The number of benzene rings is 1. The van der Waals surface area contributed by atoms with Crippen LogP contribution >= 0.6 is 0 Å². The van der Waals surface area contributed by atoms with Crippen LogP contribution in [0.25, 0.3) is 0 Å². The number of carbonyl (C=O) groups excluding carboxylic acids is 2. The molecule has 6 nitrogen and oxygen atoms in total. The molecule has 98 valence electrons. The highest BCUT2D eigenvalue weighted by atomic mass is 16.2. The molecule has 0 aliphatic rings. The van der Waals surface area contributed by atoms with E-state index in [2.05, 4.69) is 10.6 Å². The van der Waals surface area contributed by atoms with E-state index in [4.69, 9.17) is 11.5 Å². The predicted octanol–water partition coefficient (Wildman–Crippen LogP) is -1.16. The lowest BCUT2D eigenvalue weighted by atomic mass is 10.1. The van der Waals surface area contributed by atoms with Gasteiger partial charge < -0.3 is 22.1 Å². The van der Waals surface area contributed by atoms with Crippen molar-refractivity contribution in [2.45, 2.75) is 13.1 Å². The zero-order chi connectivity index (χ0) is 13.4. The SMILES string of the molecule is NCC(=O)NCc1cccc(CNC(=O)CN)c1. The first-order valence-corrected chi connectivity index (χ1v) is 5.67. The van der Waals surface area contributed by atoms with Crippen LogP contribution in [0.1, 0.15) is 11.1 Å². The highest BCUT2D eigenvalue weighted by Gasteiger charge is 2.01. The molecular formula is C12H18N4O2. The molecule has 0 aromatic heterocycles. The van der Waals surface area contributed by atoms with Gasteiger partial charge in [0.25, 0.3) is 0 Å². The van der Waals surface area contributed by atoms with E-state index in [9.17, 15) is 9.59 Å². The van der Waals surface area contributed by atoms with E-state index in [0.717, 1.165) is 11.1 Å². The van der Waals surface area contributed by atoms with Gasteiger partial charge in [0.1, 0.15) is 0 Å². The van der Waals surface area contributed by atoms with Gasteiger partial charge in [0.15, 0.2) is 0 Å².